The fourth-order valence-electron chi connectivity index (χ4n) is 2.57. The number of nitrogens with zero attached hydrogens (tertiary/aromatic N) is 2. The molecule has 2 heterocycles. The molecule has 144 valence electrons. The Bertz CT molecular complexity index is 985. The first kappa shape index (κ1) is 19.5. The smallest absolute Gasteiger partial charge is 0.273 e. The molecule has 0 aliphatic carbocycles. The summed E-state index contributed by atoms with van der Waals surface area (Å²) in [5.74, 6) is -0.954. The maximum Gasteiger partial charge on any atom is 0.273 e. The minimum atomic E-state index is -4.15. The summed E-state index contributed by atoms with van der Waals surface area (Å²) in [4.78, 5) is 24.9. The molecule has 27 heavy (non-hydrogen) atoms. The van der Waals surface area contributed by atoms with Gasteiger partial charge in [0.1, 0.15) is 4.21 Å². The van der Waals surface area contributed by atoms with Crippen molar-refractivity contribution < 1.29 is 22.9 Å². The molecule has 12 heteroatoms. The second-order valence-corrected chi connectivity index (χ2v) is 9.18. The van der Waals surface area contributed by atoms with Crippen LogP contribution in [0.5, 0.6) is 0 Å². The van der Waals surface area contributed by atoms with Crippen molar-refractivity contribution in [3.05, 3.63) is 50.3 Å². The summed E-state index contributed by atoms with van der Waals surface area (Å²) in [6, 6.07) is 6.45. The van der Waals surface area contributed by atoms with Crippen molar-refractivity contribution in [3.63, 3.8) is 0 Å². The lowest BCUT2D eigenvalue weighted by molar-refractivity contribution is -0.384. The zero-order chi connectivity index (χ0) is 19.6. The normalized spacial score (nSPS) is 14.8. The summed E-state index contributed by atoms with van der Waals surface area (Å²) in [5.41, 5.74) is -0.00753. The number of nitrogens with one attached hydrogen (secondary N) is 1. The molecule has 0 atom stereocenters. The SMILES string of the molecule is O=C(NS(=O)(=O)c1ccc(Cl)s1)c1cc([N+](=O)[O-])ccc1N1CCOCC1. The van der Waals surface area contributed by atoms with Gasteiger partial charge in [-0.2, -0.15) is 0 Å². The maximum absolute atomic E-state index is 12.7. The highest BCUT2D eigenvalue weighted by molar-refractivity contribution is 7.92. The van der Waals surface area contributed by atoms with Gasteiger partial charge in [-0.15, -0.1) is 11.3 Å². The number of hydrogen-bond acceptors (Lipinski definition) is 8. The van der Waals surface area contributed by atoms with Gasteiger partial charge in [0.15, 0.2) is 0 Å². The number of morpholine rings is 1. The Morgan fingerprint density at radius 2 is 1.96 bits per heavy atom. The standard InChI is InChI=1S/C15H14ClN3O6S2/c16-13-3-4-14(26-13)27(23,24)17-15(20)11-9-10(19(21)22)1-2-12(11)18-5-7-25-8-6-18/h1-4,9H,5-8H2,(H,17,20). The van der Waals surface area contributed by atoms with E-state index in [0.717, 1.165) is 17.4 Å². The number of sulfonamides is 1. The fourth-order valence-corrected chi connectivity index (χ4v) is 5.02. The van der Waals surface area contributed by atoms with E-state index in [9.17, 15) is 23.3 Å². The number of carbonyl (C=O) groups is 1. The minimum absolute atomic E-state index is 0.0997. The number of hydrogen-bond donors (Lipinski definition) is 1. The molecule has 0 unspecified atom stereocenters. The average molecular weight is 432 g/mol. The first-order valence-corrected chi connectivity index (χ1v) is 10.4. The Balaban J connectivity index is 1.96. The Morgan fingerprint density at radius 3 is 2.56 bits per heavy atom. The van der Waals surface area contributed by atoms with Gasteiger partial charge in [0.25, 0.3) is 21.6 Å². The van der Waals surface area contributed by atoms with E-state index in [0.29, 0.717) is 32.0 Å². The topological polar surface area (TPSA) is 119 Å². The van der Waals surface area contributed by atoms with Crippen LogP contribution in [-0.4, -0.2) is 45.6 Å². The van der Waals surface area contributed by atoms with Crippen LogP contribution in [-0.2, 0) is 14.8 Å². The van der Waals surface area contributed by atoms with Gasteiger partial charge in [-0.1, -0.05) is 11.6 Å². The number of rotatable bonds is 5. The lowest BCUT2D eigenvalue weighted by Gasteiger charge is -2.30. The molecule has 1 aromatic heterocycles. The van der Waals surface area contributed by atoms with Gasteiger partial charge in [-0.25, -0.2) is 13.1 Å². The third-order valence-electron chi connectivity index (χ3n) is 3.83. The third kappa shape index (κ3) is 4.38. The number of ether oxygens (including phenoxy) is 1. The third-order valence-corrected chi connectivity index (χ3v) is 6.88. The Hall–Kier alpha value is -2.21. The number of non-ortho nitro benzene ring substituents is 1. The highest BCUT2D eigenvalue weighted by Gasteiger charge is 2.26. The van der Waals surface area contributed by atoms with E-state index in [1.165, 1.54) is 24.3 Å². The maximum atomic E-state index is 12.7. The van der Waals surface area contributed by atoms with Gasteiger partial charge < -0.3 is 9.64 Å². The number of nitro groups is 1. The molecule has 0 bridgehead atoms. The number of carbonyl (C=O) groups excluding carboxylic acids is 1. The summed E-state index contributed by atoms with van der Waals surface area (Å²) in [7, 11) is -4.15. The van der Waals surface area contributed by atoms with E-state index in [1.54, 1.807) is 0 Å². The second-order valence-electron chi connectivity index (χ2n) is 5.55. The van der Waals surface area contributed by atoms with E-state index in [4.69, 9.17) is 16.3 Å². The summed E-state index contributed by atoms with van der Waals surface area (Å²) in [5, 5.41) is 11.1. The monoisotopic (exact) mass is 431 g/mol. The molecule has 2 aromatic rings. The average Bonchev–Trinajstić information content (AvgIpc) is 3.09. The lowest BCUT2D eigenvalue weighted by Crippen LogP contribution is -2.38. The Kier molecular flexibility index (Phi) is 5.65. The van der Waals surface area contributed by atoms with Gasteiger partial charge in [-0.3, -0.25) is 14.9 Å². The zero-order valence-electron chi connectivity index (χ0n) is 13.8. The van der Waals surface area contributed by atoms with Crippen molar-refractivity contribution in [2.24, 2.45) is 0 Å². The van der Waals surface area contributed by atoms with Crippen molar-refractivity contribution in [2.75, 3.05) is 31.2 Å². The van der Waals surface area contributed by atoms with Crippen LogP contribution >= 0.6 is 22.9 Å². The van der Waals surface area contributed by atoms with Gasteiger partial charge in [0, 0.05) is 25.2 Å². The van der Waals surface area contributed by atoms with Crippen molar-refractivity contribution in [2.45, 2.75) is 4.21 Å². The van der Waals surface area contributed by atoms with Crippen molar-refractivity contribution >= 4 is 50.2 Å². The molecule has 1 N–H and O–H groups in total. The van der Waals surface area contributed by atoms with Crippen LogP contribution in [0.1, 0.15) is 10.4 Å². The Labute approximate surface area is 163 Å². The quantitative estimate of drug-likeness (QED) is 0.569. The van der Waals surface area contributed by atoms with Crippen LogP contribution in [0.3, 0.4) is 0 Å². The number of anilines is 1. The van der Waals surface area contributed by atoms with E-state index in [2.05, 4.69) is 0 Å². The van der Waals surface area contributed by atoms with Gasteiger partial charge >= 0.3 is 0 Å². The van der Waals surface area contributed by atoms with E-state index < -0.39 is 20.9 Å². The van der Waals surface area contributed by atoms with Crippen LogP contribution in [0, 0.1) is 10.1 Å². The molecule has 0 spiro atoms. The molecule has 3 rings (SSSR count). The molecule has 9 nitrogen and oxygen atoms in total. The van der Waals surface area contributed by atoms with E-state index in [-0.39, 0.29) is 19.8 Å². The van der Waals surface area contributed by atoms with Crippen LogP contribution in [0.15, 0.2) is 34.5 Å². The van der Waals surface area contributed by atoms with Crippen LogP contribution in [0.2, 0.25) is 4.34 Å². The summed E-state index contributed by atoms with van der Waals surface area (Å²) in [6.45, 7) is 1.82. The summed E-state index contributed by atoms with van der Waals surface area (Å²) >= 11 is 6.55. The lowest BCUT2D eigenvalue weighted by atomic mass is 10.1. The predicted molar refractivity (Wildman–Crippen MR) is 100 cm³/mol. The molecule has 0 radical (unpaired) electrons. The number of benzene rings is 1. The van der Waals surface area contributed by atoms with Crippen molar-refractivity contribution in [3.8, 4) is 0 Å². The largest absolute Gasteiger partial charge is 0.378 e. The minimum Gasteiger partial charge on any atom is -0.378 e. The number of thiophene rings is 1. The molecule has 1 aromatic carbocycles. The van der Waals surface area contributed by atoms with E-state index >= 15 is 0 Å². The first-order chi connectivity index (χ1) is 12.8. The van der Waals surface area contributed by atoms with Crippen molar-refractivity contribution in [1.29, 1.82) is 0 Å². The van der Waals surface area contributed by atoms with Gasteiger partial charge in [0.05, 0.1) is 33.7 Å². The zero-order valence-corrected chi connectivity index (χ0v) is 16.1. The van der Waals surface area contributed by atoms with Crippen LogP contribution in [0.4, 0.5) is 11.4 Å². The Morgan fingerprint density at radius 1 is 1.26 bits per heavy atom. The van der Waals surface area contributed by atoms with Crippen LogP contribution in [0.25, 0.3) is 0 Å². The van der Waals surface area contributed by atoms with Crippen LogP contribution < -0.4 is 9.62 Å². The molecule has 1 aliphatic heterocycles. The van der Waals surface area contributed by atoms with Crippen molar-refractivity contribution in [1.82, 2.24) is 4.72 Å². The van der Waals surface area contributed by atoms with E-state index in [1.807, 2.05) is 9.62 Å². The van der Waals surface area contributed by atoms with Gasteiger partial charge in [-0.05, 0) is 18.2 Å². The number of halogens is 1. The molecule has 0 saturated carbocycles. The molecular formula is C15H14ClN3O6S2. The number of nitro benzene ring substituents is 1. The first-order valence-electron chi connectivity index (χ1n) is 7.71. The molecular weight excluding hydrogens is 418 g/mol. The molecule has 1 amide bonds. The summed E-state index contributed by atoms with van der Waals surface area (Å²) in [6.07, 6.45) is 0. The fraction of sp³-hybridized carbons (Fsp3) is 0.267. The molecule has 1 saturated heterocycles. The summed E-state index contributed by atoms with van der Waals surface area (Å²) < 4.78 is 32.1. The highest BCUT2D eigenvalue weighted by Crippen LogP contribution is 2.28. The van der Waals surface area contributed by atoms with Gasteiger partial charge in [0.2, 0.25) is 0 Å². The number of amides is 1. The molecule has 1 fully saturated rings. The predicted octanol–water partition coefficient (Wildman–Crippen LogP) is 2.26. The second kappa shape index (κ2) is 7.80. The molecule has 1 aliphatic rings. The highest BCUT2D eigenvalue weighted by atomic mass is 35.5.